The van der Waals surface area contributed by atoms with E-state index in [9.17, 15) is 18.5 Å². The fourth-order valence-electron chi connectivity index (χ4n) is 1.72. The normalized spacial score (nSPS) is 11.8. The molecule has 108 valence electrons. The molecule has 0 radical (unpaired) electrons. The first-order valence-corrected chi connectivity index (χ1v) is 7.57. The van der Waals surface area contributed by atoms with Gasteiger partial charge in [-0.25, -0.2) is 18.1 Å². The van der Waals surface area contributed by atoms with Gasteiger partial charge in [-0.1, -0.05) is 19.4 Å². The molecule has 0 amide bonds. The van der Waals surface area contributed by atoms with Crippen LogP contribution >= 0.6 is 0 Å². The quantitative estimate of drug-likeness (QED) is 0.476. The van der Waals surface area contributed by atoms with Gasteiger partial charge >= 0.3 is 0 Å². The first kappa shape index (κ1) is 14.4. The van der Waals surface area contributed by atoms with Crippen LogP contribution in [0.25, 0.3) is 11.0 Å². The molecule has 1 aromatic heterocycles. The van der Waals surface area contributed by atoms with Crippen LogP contribution in [0, 0.1) is 10.1 Å². The number of rotatable bonds is 6. The number of H-pyrrole nitrogens is 1. The Morgan fingerprint density at radius 1 is 1.45 bits per heavy atom. The van der Waals surface area contributed by atoms with Gasteiger partial charge in [0.2, 0.25) is 5.16 Å². The van der Waals surface area contributed by atoms with E-state index in [1.54, 1.807) is 6.07 Å². The number of hydrogen-bond acceptors (Lipinski definition) is 5. The highest BCUT2D eigenvalue weighted by Crippen LogP contribution is 2.24. The van der Waals surface area contributed by atoms with Crippen molar-refractivity contribution in [1.82, 2.24) is 14.7 Å². The van der Waals surface area contributed by atoms with Crippen molar-refractivity contribution in [3.8, 4) is 0 Å². The molecule has 0 spiro atoms. The molecular weight excluding hydrogens is 284 g/mol. The van der Waals surface area contributed by atoms with Gasteiger partial charge in [0, 0.05) is 12.6 Å². The number of sulfonamides is 1. The molecule has 0 fully saturated rings. The van der Waals surface area contributed by atoms with Gasteiger partial charge in [0.1, 0.15) is 0 Å². The van der Waals surface area contributed by atoms with Gasteiger partial charge in [-0.3, -0.25) is 10.1 Å². The van der Waals surface area contributed by atoms with Gasteiger partial charge in [-0.05, 0) is 12.5 Å². The van der Waals surface area contributed by atoms with Gasteiger partial charge < -0.3 is 4.98 Å². The minimum absolute atomic E-state index is 0.0355. The minimum Gasteiger partial charge on any atom is -0.327 e. The van der Waals surface area contributed by atoms with E-state index in [4.69, 9.17) is 0 Å². The zero-order chi connectivity index (χ0) is 14.8. The monoisotopic (exact) mass is 298 g/mol. The van der Waals surface area contributed by atoms with Gasteiger partial charge in [0.15, 0.2) is 5.52 Å². The Labute approximate surface area is 115 Å². The maximum absolute atomic E-state index is 12.0. The summed E-state index contributed by atoms with van der Waals surface area (Å²) in [5.41, 5.74) is 0.122. The maximum Gasteiger partial charge on any atom is 0.297 e. The van der Waals surface area contributed by atoms with E-state index in [0.29, 0.717) is 18.5 Å². The summed E-state index contributed by atoms with van der Waals surface area (Å²) in [5, 5.41) is 10.6. The second-order valence-corrected chi connectivity index (χ2v) is 5.91. The Kier molecular flexibility index (Phi) is 4.00. The molecule has 1 heterocycles. The van der Waals surface area contributed by atoms with Crippen molar-refractivity contribution in [2.45, 2.75) is 24.9 Å². The lowest BCUT2D eigenvalue weighted by atomic mass is 10.3. The SMILES string of the molecule is CCCCNS(=O)(=O)c1nc2c([N+](=O)[O-])cccc2[nH]1. The number of nitro benzene ring substituents is 1. The Morgan fingerprint density at radius 3 is 2.85 bits per heavy atom. The van der Waals surface area contributed by atoms with Gasteiger partial charge in [-0.15, -0.1) is 0 Å². The van der Waals surface area contributed by atoms with Crippen LogP contribution < -0.4 is 4.72 Å². The van der Waals surface area contributed by atoms with Crippen molar-refractivity contribution in [2.24, 2.45) is 0 Å². The highest BCUT2D eigenvalue weighted by molar-refractivity contribution is 7.89. The second kappa shape index (κ2) is 5.55. The molecule has 9 heteroatoms. The van der Waals surface area contributed by atoms with Crippen LogP contribution in [0.1, 0.15) is 19.8 Å². The molecule has 0 aliphatic heterocycles. The summed E-state index contributed by atoms with van der Waals surface area (Å²) >= 11 is 0. The summed E-state index contributed by atoms with van der Waals surface area (Å²) in [6.07, 6.45) is 1.56. The average Bonchev–Trinajstić information content (AvgIpc) is 2.83. The molecule has 0 atom stereocenters. The van der Waals surface area contributed by atoms with Crippen molar-refractivity contribution in [2.75, 3.05) is 6.54 Å². The highest BCUT2D eigenvalue weighted by Gasteiger charge is 2.22. The Bertz CT molecular complexity index is 738. The fourth-order valence-corrected chi connectivity index (χ4v) is 2.73. The summed E-state index contributed by atoms with van der Waals surface area (Å²) in [5.74, 6) is 0. The molecule has 0 saturated heterocycles. The molecule has 20 heavy (non-hydrogen) atoms. The minimum atomic E-state index is -3.78. The number of fused-ring (bicyclic) bond motifs is 1. The Hall–Kier alpha value is -2.00. The molecule has 0 bridgehead atoms. The molecule has 0 saturated carbocycles. The van der Waals surface area contributed by atoms with Crippen LogP contribution in [0.15, 0.2) is 23.4 Å². The number of unbranched alkanes of at least 4 members (excludes halogenated alkanes) is 1. The number of imidazole rings is 1. The number of aromatic amines is 1. The van der Waals surface area contributed by atoms with E-state index in [0.717, 1.165) is 6.42 Å². The lowest BCUT2D eigenvalue weighted by molar-refractivity contribution is -0.383. The third kappa shape index (κ3) is 2.78. The fraction of sp³-hybridized carbons (Fsp3) is 0.364. The smallest absolute Gasteiger partial charge is 0.297 e. The predicted octanol–water partition coefficient (Wildman–Crippen LogP) is 1.55. The Balaban J connectivity index is 2.41. The van der Waals surface area contributed by atoms with Crippen LogP contribution in [0.2, 0.25) is 0 Å². The largest absolute Gasteiger partial charge is 0.327 e. The van der Waals surface area contributed by atoms with E-state index < -0.39 is 14.9 Å². The summed E-state index contributed by atoms with van der Waals surface area (Å²) in [7, 11) is -3.78. The molecule has 2 N–H and O–H groups in total. The van der Waals surface area contributed by atoms with Crippen LogP contribution in [-0.2, 0) is 10.0 Å². The lowest BCUT2D eigenvalue weighted by Crippen LogP contribution is -2.25. The number of non-ortho nitro benzene ring substituents is 1. The predicted molar refractivity (Wildman–Crippen MR) is 72.8 cm³/mol. The van der Waals surface area contributed by atoms with Crippen molar-refractivity contribution < 1.29 is 13.3 Å². The molecule has 8 nitrogen and oxygen atoms in total. The second-order valence-electron chi connectivity index (χ2n) is 4.22. The van der Waals surface area contributed by atoms with Crippen molar-refractivity contribution in [1.29, 1.82) is 0 Å². The first-order chi connectivity index (χ1) is 9.45. The Morgan fingerprint density at radius 2 is 2.20 bits per heavy atom. The molecule has 0 unspecified atom stereocenters. The third-order valence-corrected chi connectivity index (χ3v) is 4.03. The zero-order valence-electron chi connectivity index (χ0n) is 10.8. The molecule has 0 aliphatic carbocycles. The number of nitro groups is 1. The number of benzene rings is 1. The van der Waals surface area contributed by atoms with Gasteiger partial charge in [0.05, 0.1) is 10.4 Å². The lowest BCUT2D eigenvalue weighted by Gasteiger charge is -2.01. The number of nitrogens with one attached hydrogen (secondary N) is 2. The van der Waals surface area contributed by atoms with E-state index >= 15 is 0 Å². The summed E-state index contributed by atoms with van der Waals surface area (Å²) < 4.78 is 26.4. The standard InChI is InChI=1S/C11H14N4O4S/c1-2-3-7-12-20(18,19)11-13-8-5-4-6-9(15(16)17)10(8)14-11/h4-6,12H,2-3,7H2,1H3,(H,13,14). The summed E-state index contributed by atoms with van der Waals surface area (Å²) in [6, 6.07) is 4.30. The van der Waals surface area contributed by atoms with Crippen molar-refractivity contribution >= 4 is 26.7 Å². The van der Waals surface area contributed by atoms with E-state index in [1.807, 2.05) is 6.92 Å². The van der Waals surface area contributed by atoms with E-state index in [1.165, 1.54) is 12.1 Å². The zero-order valence-corrected chi connectivity index (χ0v) is 11.6. The van der Waals surface area contributed by atoms with Crippen LogP contribution in [0.3, 0.4) is 0 Å². The van der Waals surface area contributed by atoms with Crippen LogP contribution in [0.4, 0.5) is 5.69 Å². The topological polar surface area (TPSA) is 118 Å². The molecule has 2 aromatic rings. The molecule has 1 aromatic carbocycles. The summed E-state index contributed by atoms with van der Waals surface area (Å²) in [4.78, 5) is 16.7. The summed E-state index contributed by atoms with van der Waals surface area (Å²) in [6.45, 7) is 2.25. The van der Waals surface area contributed by atoms with Crippen molar-refractivity contribution in [3.63, 3.8) is 0 Å². The van der Waals surface area contributed by atoms with E-state index in [2.05, 4.69) is 14.7 Å². The van der Waals surface area contributed by atoms with Gasteiger partial charge in [-0.2, -0.15) is 0 Å². The number of hydrogen-bond donors (Lipinski definition) is 2. The number of aromatic nitrogens is 2. The third-order valence-electron chi connectivity index (χ3n) is 2.74. The van der Waals surface area contributed by atoms with Crippen molar-refractivity contribution in [3.05, 3.63) is 28.3 Å². The molecule has 2 rings (SSSR count). The van der Waals surface area contributed by atoms with Crippen LogP contribution in [0.5, 0.6) is 0 Å². The van der Waals surface area contributed by atoms with Crippen LogP contribution in [-0.4, -0.2) is 29.9 Å². The number of nitrogens with zero attached hydrogens (tertiary/aromatic N) is 2. The van der Waals surface area contributed by atoms with Gasteiger partial charge in [0.25, 0.3) is 15.7 Å². The highest BCUT2D eigenvalue weighted by atomic mass is 32.2. The average molecular weight is 298 g/mol. The molecular formula is C11H14N4O4S. The maximum atomic E-state index is 12.0. The van der Waals surface area contributed by atoms with E-state index in [-0.39, 0.29) is 16.4 Å². The number of para-hydroxylation sites is 1. The first-order valence-electron chi connectivity index (χ1n) is 6.08. The molecule has 0 aliphatic rings.